The Balaban J connectivity index is 2.36. The molecule has 3 nitrogen and oxygen atoms in total. The summed E-state index contributed by atoms with van der Waals surface area (Å²) in [5, 5.41) is 11.4. The van der Waals surface area contributed by atoms with E-state index in [1.165, 1.54) is 0 Å². The Morgan fingerprint density at radius 3 is 2.89 bits per heavy atom. The molecule has 100 valence electrons. The maximum atomic E-state index is 11.6. The van der Waals surface area contributed by atoms with E-state index >= 15 is 0 Å². The van der Waals surface area contributed by atoms with Crippen LogP contribution in [0.2, 0.25) is 5.02 Å². The summed E-state index contributed by atoms with van der Waals surface area (Å²) in [6.07, 6.45) is 2.51. The predicted octanol–water partition coefficient (Wildman–Crippen LogP) is 3.81. The first kappa shape index (κ1) is 12.5. The highest BCUT2D eigenvalue weighted by Gasteiger charge is 2.41. The van der Waals surface area contributed by atoms with Gasteiger partial charge in [0.05, 0.1) is 5.52 Å². The fourth-order valence-electron chi connectivity index (χ4n) is 3.12. The number of H-pyrrole nitrogens is 1. The Bertz CT molecular complexity index is 689. The van der Waals surface area contributed by atoms with Crippen molar-refractivity contribution >= 4 is 28.5 Å². The molecule has 2 aromatic rings. The Labute approximate surface area is 116 Å². The maximum Gasteiger partial charge on any atom is 0.315 e. The number of halogens is 1. The highest BCUT2D eigenvalue weighted by Crippen LogP contribution is 2.41. The molecule has 1 aliphatic rings. The molecule has 0 spiro atoms. The summed E-state index contributed by atoms with van der Waals surface area (Å²) in [6.45, 7) is 3.77. The van der Waals surface area contributed by atoms with Crippen molar-refractivity contribution in [3.8, 4) is 0 Å². The smallest absolute Gasteiger partial charge is 0.315 e. The summed E-state index contributed by atoms with van der Waals surface area (Å²) in [4.78, 5) is 15.0. The van der Waals surface area contributed by atoms with Crippen molar-refractivity contribution in [1.29, 1.82) is 0 Å². The second-order valence-electron chi connectivity index (χ2n) is 5.56. The molecule has 3 rings (SSSR count). The molecule has 0 saturated carbocycles. The van der Waals surface area contributed by atoms with Crippen LogP contribution >= 0.6 is 11.6 Å². The van der Waals surface area contributed by atoms with Gasteiger partial charge in [-0.2, -0.15) is 0 Å². The number of carboxylic acids is 1. The van der Waals surface area contributed by atoms with E-state index in [9.17, 15) is 9.90 Å². The van der Waals surface area contributed by atoms with Crippen LogP contribution in [0.3, 0.4) is 0 Å². The molecule has 1 unspecified atom stereocenters. The van der Waals surface area contributed by atoms with Gasteiger partial charge in [0.2, 0.25) is 0 Å². The number of rotatable bonds is 1. The van der Waals surface area contributed by atoms with Gasteiger partial charge in [0.15, 0.2) is 0 Å². The van der Waals surface area contributed by atoms with Gasteiger partial charge >= 0.3 is 5.97 Å². The van der Waals surface area contributed by atoms with Gasteiger partial charge in [-0.25, -0.2) is 0 Å². The lowest BCUT2D eigenvalue weighted by atomic mass is 9.75. The first-order valence-electron chi connectivity index (χ1n) is 6.48. The van der Waals surface area contributed by atoms with E-state index in [4.69, 9.17) is 11.6 Å². The van der Waals surface area contributed by atoms with Crippen LogP contribution in [-0.2, 0) is 16.6 Å². The number of hydrogen-bond donors (Lipinski definition) is 2. The predicted molar refractivity (Wildman–Crippen MR) is 76.0 cm³/mol. The molecule has 1 heterocycles. The van der Waals surface area contributed by atoms with Crippen molar-refractivity contribution < 1.29 is 9.90 Å². The lowest BCUT2D eigenvalue weighted by Crippen LogP contribution is -2.36. The number of aromatic amines is 1. The highest BCUT2D eigenvalue weighted by atomic mass is 35.5. The Hall–Kier alpha value is -1.48. The van der Waals surface area contributed by atoms with Crippen LogP contribution in [-0.4, -0.2) is 16.1 Å². The molecule has 0 saturated heterocycles. The molecule has 1 aromatic heterocycles. The summed E-state index contributed by atoms with van der Waals surface area (Å²) in [7, 11) is 0. The van der Waals surface area contributed by atoms with Gasteiger partial charge in [-0.1, -0.05) is 17.7 Å². The number of carboxylic acid groups (broad SMARTS) is 1. The molecule has 1 aliphatic carbocycles. The van der Waals surface area contributed by atoms with Crippen molar-refractivity contribution in [1.82, 2.24) is 4.98 Å². The van der Waals surface area contributed by atoms with Gasteiger partial charge in [0, 0.05) is 16.1 Å². The zero-order valence-corrected chi connectivity index (χ0v) is 11.8. The number of aliphatic carboxylic acids is 1. The average molecular weight is 278 g/mol. The van der Waals surface area contributed by atoms with Crippen LogP contribution in [0.4, 0.5) is 0 Å². The van der Waals surface area contributed by atoms with E-state index in [-0.39, 0.29) is 0 Å². The van der Waals surface area contributed by atoms with Gasteiger partial charge in [0.1, 0.15) is 5.41 Å². The first-order valence-corrected chi connectivity index (χ1v) is 6.86. The van der Waals surface area contributed by atoms with E-state index < -0.39 is 11.4 Å². The van der Waals surface area contributed by atoms with Crippen molar-refractivity contribution in [2.24, 2.45) is 0 Å². The third kappa shape index (κ3) is 1.61. The summed E-state index contributed by atoms with van der Waals surface area (Å²) in [5.74, 6) is -0.760. The number of aromatic nitrogens is 1. The van der Waals surface area contributed by atoms with Crippen LogP contribution in [0.5, 0.6) is 0 Å². The first-order chi connectivity index (χ1) is 8.95. The van der Waals surface area contributed by atoms with Crippen LogP contribution in [0.25, 0.3) is 10.9 Å². The minimum Gasteiger partial charge on any atom is -0.481 e. The lowest BCUT2D eigenvalue weighted by Gasteiger charge is -2.29. The maximum absolute atomic E-state index is 11.6. The third-order valence-corrected chi connectivity index (χ3v) is 4.81. The number of fused-ring (bicyclic) bond motifs is 3. The summed E-state index contributed by atoms with van der Waals surface area (Å²) in [5.41, 5.74) is 3.15. The standard InChI is InChI=1S/C15H16ClNO2/c1-8-11(16)6-5-9-10-4-3-7-15(2,14(18)19)13(10)17-12(8)9/h5-6,17H,3-4,7H2,1-2H3,(H,18,19). The Morgan fingerprint density at radius 1 is 1.47 bits per heavy atom. The van der Waals surface area contributed by atoms with E-state index in [0.29, 0.717) is 11.4 Å². The van der Waals surface area contributed by atoms with Crippen LogP contribution in [0, 0.1) is 6.92 Å². The minimum absolute atomic E-state index is 0.676. The quantitative estimate of drug-likeness (QED) is 0.833. The molecule has 0 aliphatic heterocycles. The molecule has 19 heavy (non-hydrogen) atoms. The molecular weight excluding hydrogens is 262 g/mol. The molecule has 1 aromatic carbocycles. The zero-order valence-electron chi connectivity index (χ0n) is 11.0. The normalized spacial score (nSPS) is 22.5. The SMILES string of the molecule is Cc1c(Cl)ccc2c3c([nH]c12)C(C)(C(=O)O)CCC3. The molecule has 4 heteroatoms. The second kappa shape index (κ2) is 4.01. The molecule has 2 N–H and O–H groups in total. The monoisotopic (exact) mass is 277 g/mol. The summed E-state index contributed by atoms with van der Waals surface area (Å²) >= 11 is 6.15. The van der Waals surface area contributed by atoms with Gasteiger partial charge in [-0.3, -0.25) is 4.79 Å². The van der Waals surface area contributed by atoms with Crippen LogP contribution < -0.4 is 0 Å². The number of benzene rings is 1. The second-order valence-corrected chi connectivity index (χ2v) is 5.97. The number of carbonyl (C=O) groups is 1. The third-order valence-electron chi connectivity index (χ3n) is 4.40. The van der Waals surface area contributed by atoms with Gasteiger partial charge in [0.25, 0.3) is 0 Å². The summed E-state index contributed by atoms with van der Waals surface area (Å²) < 4.78 is 0. The Morgan fingerprint density at radius 2 is 2.21 bits per heavy atom. The van der Waals surface area contributed by atoms with Gasteiger partial charge < -0.3 is 10.1 Å². The van der Waals surface area contributed by atoms with Gasteiger partial charge in [-0.05, 0) is 50.3 Å². The molecule has 0 amide bonds. The summed E-state index contributed by atoms with van der Waals surface area (Å²) in [6, 6.07) is 3.88. The largest absolute Gasteiger partial charge is 0.481 e. The van der Waals surface area contributed by atoms with Crippen molar-refractivity contribution in [3.05, 3.63) is 34.0 Å². The molecule has 0 bridgehead atoms. The molecule has 0 fully saturated rings. The molecular formula is C15H16ClNO2. The number of hydrogen-bond acceptors (Lipinski definition) is 1. The highest BCUT2D eigenvalue weighted by molar-refractivity contribution is 6.32. The molecule has 1 atom stereocenters. The lowest BCUT2D eigenvalue weighted by molar-refractivity contribution is -0.143. The fraction of sp³-hybridized carbons (Fsp3) is 0.400. The van der Waals surface area contributed by atoms with E-state index in [1.807, 2.05) is 19.1 Å². The van der Waals surface area contributed by atoms with Crippen molar-refractivity contribution in [2.75, 3.05) is 0 Å². The zero-order chi connectivity index (χ0) is 13.8. The van der Waals surface area contributed by atoms with E-state index in [2.05, 4.69) is 4.98 Å². The average Bonchev–Trinajstić information content (AvgIpc) is 2.75. The van der Waals surface area contributed by atoms with E-state index in [1.54, 1.807) is 6.92 Å². The van der Waals surface area contributed by atoms with Crippen molar-refractivity contribution in [2.45, 2.75) is 38.5 Å². The fourth-order valence-corrected chi connectivity index (χ4v) is 3.28. The van der Waals surface area contributed by atoms with Crippen molar-refractivity contribution in [3.63, 3.8) is 0 Å². The van der Waals surface area contributed by atoms with Gasteiger partial charge in [-0.15, -0.1) is 0 Å². The van der Waals surface area contributed by atoms with Crippen LogP contribution in [0.15, 0.2) is 12.1 Å². The van der Waals surface area contributed by atoms with Crippen LogP contribution in [0.1, 0.15) is 36.6 Å². The number of aryl methyl sites for hydroxylation is 2. The topological polar surface area (TPSA) is 53.1 Å². The van der Waals surface area contributed by atoms with E-state index in [0.717, 1.165) is 40.6 Å². The molecule has 0 radical (unpaired) electrons. The Kier molecular flexibility index (Phi) is 2.65. The minimum atomic E-state index is -0.814. The number of nitrogens with one attached hydrogen (secondary N) is 1.